The standard InChI is InChI=1S/C8H11N3O4S2/c12-8(13)7-9-6(10-16-7)5-11-1-3-17(14,15)4-2-11/h1-5H2,(H,12,13). The van der Waals surface area contributed by atoms with Crippen molar-refractivity contribution < 1.29 is 18.3 Å². The average molecular weight is 277 g/mol. The number of hydrogen-bond donors (Lipinski definition) is 1. The van der Waals surface area contributed by atoms with Gasteiger partial charge in [-0.05, 0) is 11.5 Å². The monoisotopic (exact) mass is 277 g/mol. The molecule has 7 nitrogen and oxygen atoms in total. The lowest BCUT2D eigenvalue weighted by Gasteiger charge is -2.24. The van der Waals surface area contributed by atoms with Gasteiger partial charge in [-0.1, -0.05) is 0 Å². The van der Waals surface area contributed by atoms with Crippen LogP contribution in [0.5, 0.6) is 0 Å². The molecule has 2 rings (SSSR count). The van der Waals surface area contributed by atoms with E-state index in [0.717, 1.165) is 11.5 Å². The topological polar surface area (TPSA) is 100 Å². The highest BCUT2D eigenvalue weighted by Crippen LogP contribution is 2.10. The van der Waals surface area contributed by atoms with Crippen LogP contribution in [0.1, 0.15) is 15.6 Å². The summed E-state index contributed by atoms with van der Waals surface area (Å²) in [6.45, 7) is 1.30. The molecule has 0 aromatic carbocycles. The molecule has 0 saturated carbocycles. The van der Waals surface area contributed by atoms with Crippen molar-refractivity contribution in [2.24, 2.45) is 0 Å². The van der Waals surface area contributed by atoms with Crippen molar-refractivity contribution in [2.75, 3.05) is 24.6 Å². The van der Waals surface area contributed by atoms with E-state index < -0.39 is 15.8 Å². The summed E-state index contributed by atoms with van der Waals surface area (Å²) in [6.07, 6.45) is 0. The number of aromatic carboxylic acids is 1. The number of carboxylic acids is 1. The van der Waals surface area contributed by atoms with Crippen LogP contribution in [0, 0.1) is 0 Å². The Hall–Kier alpha value is -1.06. The molecule has 1 aromatic rings. The Morgan fingerprint density at radius 2 is 2.06 bits per heavy atom. The summed E-state index contributed by atoms with van der Waals surface area (Å²) in [4.78, 5) is 16.4. The minimum Gasteiger partial charge on any atom is -0.476 e. The Morgan fingerprint density at radius 1 is 1.41 bits per heavy atom. The number of carbonyl (C=O) groups is 1. The molecule has 1 saturated heterocycles. The van der Waals surface area contributed by atoms with Gasteiger partial charge in [0.05, 0.1) is 18.1 Å². The molecule has 0 aliphatic carbocycles. The molecule has 0 bridgehead atoms. The fourth-order valence-electron chi connectivity index (χ4n) is 1.51. The van der Waals surface area contributed by atoms with E-state index in [4.69, 9.17) is 5.11 Å². The smallest absolute Gasteiger partial charge is 0.366 e. The highest BCUT2D eigenvalue weighted by molar-refractivity contribution is 7.91. The molecule has 9 heteroatoms. The van der Waals surface area contributed by atoms with E-state index in [1.807, 2.05) is 4.90 Å². The first-order chi connectivity index (χ1) is 7.96. The van der Waals surface area contributed by atoms with Gasteiger partial charge in [0.25, 0.3) is 0 Å². The van der Waals surface area contributed by atoms with Gasteiger partial charge in [0.2, 0.25) is 5.01 Å². The van der Waals surface area contributed by atoms with Crippen LogP contribution in [0.3, 0.4) is 0 Å². The van der Waals surface area contributed by atoms with Gasteiger partial charge in [0, 0.05) is 13.1 Å². The molecule has 0 amide bonds. The molecule has 1 fully saturated rings. The van der Waals surface area contributed by atoms with Crippen molar-refractivity contribution in [1.82, 2.24) is 14.3 Å². The van der Waals surface area contributed by atoms with E-state index >= 15 is 0 Å². The second-order valence-corrected chi connectivity index (χ2v) is 6.80. The van der Waals surface area contributed by atoms with Gasteiger partial charge in [-0.2, -0.15) is 4.37 Å². The van der Waals surface area contributed by atoms with Crippen molar-refractivity contribution in [3.63, 3.8) is 0 Å². The maximum absolute atomic E-state index is 11.2. The SMILES string of the molecule is O=C(O)c1nc(CN2CCS(=O)(=O)CC2)ns1. The molecule has 1 N–H and O–H groups in total. The fourth-order valence-corrected chi connectivity index (χ4v) is 3.30. The molecule has 2 heterocycles. The second kappa shape index (κ2) is 4.67. The molecular formula is C8H11N3O4S2. The highest BCUT2D eigenvalue weighted by Gasteiger charge is 2.22. The fraction of sp³-hybridized carbons (Fsp3) is 0.625. The first kappa shape index (κ1) is 12.4. The van der Waals surface area contributed by atoms with Crippen LogP contribution in [0.2, 0.25) is 0 Å². The lowest BCUT2D eigenvalue weighted by molar-refractivity contribution is 0.0696. The number of sulfone groups is 1. The summed E-state index contributed by atoms with van der Waals surface area (Å²) >= 11 is 0.840. The summed E-state index contributed by atoms with van der Waals surface area (Å²) in [5, 5.41) is 8.65. The maximum atomic E-state index is 11.2. The molecule has 1 aliphatic heterocycles. The first-order valence-electron chi connectivity index (χ1n) is 4.95. The third-order valence-corrected chi connectivity index (χ3v) is 4.80. The number of carboxylic acid groups (broad SMARTS) is 1. The van der Waals surface area contributed by atoms with Gasteiger partial charge in [-0.25, -0.2) is 18.2 Å². The van der Waals surface area contributed by atoms with Crippen molar-refractivity contribution >= 4 is 27.3 Å². The Bertz CT molecular complexity index is 511. The van der Waals surface area contributed by atoms with Gasteiger partial charge in [-0.15, -0.1) is 0 Å². The van der Waals surface area contributed by atoms with E-state index in [0.29, 0.717) is 25.5 Å². The number of nitrogens with zero attached hydrogens (tertiary/aromatic N) is 3. The van der Waals surface area contributed by atoms with Crippen molar-refractivity contribution in [3.05, 3.63) is 10.8 Å². The highest BCUT2D eigenvalue weighted by atomic mass is 32.2. The largest absolute Gasteiger partial charge is 0.476 e. The summed E-state index contributed by atoms with van der Waals surface area (Å²) in [5.41, 5.74) is 0. The Kier molecular flexibility index (Phi) is 3.40. The van der Waals surface area contributed by atoms with Crippen LogP contribution in [-0.2, 0) is 16.4 Å². The molecule has 17 heavy (non-hydrogen) atoms. The van der Waals surface area contributed by atoms with Crippen LogP contribution in [-0.4, -0.2) is 58.3 Å². The zero-order chi connectivity index (χ0) is 12.5. The quantitative estimate of drug-likeness (QED) is 0.792. The third-order valence-electron chi connectivity index (χ3n) is 2.45. The zero-order valence-electron chi connectivity index (χ0n) is 8.87. The van der Waals surface area contributed by atoms with Crippen LogP contribution < -0.4 is 0 Å². The Labute approximate surface area is 102 Å². The molecular weight excluding hydrogens is 266 g/mol. The van der Waals surface area contributed by atoms with E-state index in [1.165, 1.54) is 0 Å². The van der Waals surface area contributed by atoms with Crippen molar-refractivity contribution in [3.8, 4) is 0 Å². The van der Waals surface area contributed by atoms with Crippen LogP contribution in [0.4, 0.5) is 0 Å². The van der Waals surface area contributed by atoms with Crippen LogP contribution >= 0.6 is 11.5 Å². The van der Waals surface area contributed by atoms with Crippen molar-refractivity contribution in [2.45, 2.75) is 6.54 Å². The molecule has 0 radical (unpaired) electrons. The maximum Gasteiger partial charge on any atom is 0.366 e. The van der Waals surface area contributed by atoms with Crippen LogP contribution in [0.15, 0.2) is 0 Å². The lowest BCUT2D eigenvalue weighted by Crippen LogP contribution is -2.39. The van der Waals surface area contributed by atoms with Gasteiger partial charge in [-0.3, -0.25) is 4.90 Å². The van der Waals surface area contributed by atoms with Gasteiger partial charge < -0.3 is 5.11 Å². The van der Waals surface area contributed by atoms with Gasteiger partial charge in [0.1, 0.15) is 0 Å². The summed E-state index contributed by atoms with van der Waals surface area (Å²) in [5.74, 6) is -0.368. The predicted octanol–water partition coefficient (Wildman–Crippen LogP) is -0.533. The number of hydrogen-bond acceptors (Lipinski definition) is 7. The average Bonchev–Trinajstić information content (AvgIpc) is 2.70. The minimum atomic E-state index is -2.89. The third kappa shape index (κ3) is 3.20. The minimum absolute atomic E-state index is 0.0374. The molecule has 0 atom stereocenters. The molecule has 94 valence electrons. The summed E-state index contributed by atoms with van der Waals surface area (Å²) in [7, 11) is -2.89. The van der Waals surface area contributed by atoms with E-state index in [9.17, 15) is 13.2 Å². The molecule has 1 aliphatic rings. The lowest BCUT2D eigenvalue weighted by atomic mass is 10.4. The van der Waals surface area contributed by atoms with Gasteiger partial charge >= 0.3 is 5.97 Å². The summed E-state index contributed by atoms with van der Waals surface area (Å²) in [6, 6.07) is 0. The number of rotatable bonds is 3. The normalized spacial score (nSPS) is 20.2. The van der Waals surface area contributed by atoms with E-state index in [1.54, 1.807) is 0 Å². The van der Waals surface area contributed by atoms with E-state index in [-0.39, 0.29) is 16.5 Å². The van der Waals surface area contributed by atoms with E-state index in [2.05, 4.69) is 9.36 Å². The van der Waals surface area contributed by atoms with Crippen molar-refractivity contribution in [1.29, 1.82) is 0 Å². The first-order valence-corrected chi connectivity index (χ1v) is 7.54. The second-order valence-electron chi connectivity index (χ2n) is 3.75. The Morgan fingerprint density at radius 3 is 2.59 bits per heavy atom. The predicted molar refractivity (Wildman–Crippen MR) is 60.8 cm³/mol. The Balaban J connectivity index is 1.95. The zero-order valence-corrected chi connectivity index (χ0v) is 10.5. The molecule has 0 unspecified atom stereocenters. The molecule has 0 spiro atoms. The van der Waals surface area contributed by atoms with Crippen LogP contribution in [0.25, 0.3) is 0 Å². The summed E-state index contributed by atoms with van der Waals surface area (Å²) < 4.78 is 26.3. The molecule has 1 aromatic heterocycles. The van der Waals surface area contributed by atoms with Gasteiger partial charge in [0.15, 0.2) is 15.7 Å². The number of aromatic nitrogens is 2.